The van der Waals surface area contributed by atoms with Gasteiger partial charge in [-0.2, -0.15) is 4.31 Å². The van der Waals surface area contributed by atoms with Crippen molar-refractivity contribution in [2.24, 2.45) is 0 Å². The SMILES string of the molecule is CCCS(=O)(=O)N1CCCC1C(=O)N(C)CCOc1ccccc1C. The van der Waals surface area contributed by atoms with Crippen LogP contribution < -0.4 is 4.74 Å². The molecule has 1 heterocycles. The van der Waals surface area contributed by atoms with E-state index in [-0.39, 0.29) is 11.7 Å². The Morgan fingerprint density at radius 2 is 2.08 bits per heavy atom. The van der Waals surface area contributed by atoms with Crippen molar-refractivity contribution >= 4 is 15.9 Å². The summed E-state index contributed by atoms with van der Waals surface area (Å²) in [6, 6.07) is 7.15. The van der Waals surface area contributed by atoms with Gasteiger partial charge in [0.05, 0.1) is 12.3 Å². The van der Waals surface area contributed by atoms with Crippen LogP contribution in [0.15, 0.2) is 24.3 Å². The lowest BCUT2D eigenvalue weighted by atomic mass is 10.2. The van der Waals surface area contributed by atoms with Gasteiger partial charge in [0.2, 0.25) is 15.9 Å². The molecule has 0 radical (unpaired) electrons. The first kappa shape index (κ1) is 19.7. The molecule has 0 aliphatic carbocycles. The fourth-order valence-corrected chi connectivity index (χ4v) is 4.81. The van der Waals surface area contributed by atoms with Gasteiger partial charge in [-0.1, -0.05) is 25.1 Å². The zero-order valence-electron chi connectivity index (χ0n) is 15.3. The molecule has 1 fully saturated rings. The van der Waals surface area contributed by atoms with E-state index in [1.807, 2.05) is 38.1 Å². The fraction of sp³-hybridized carbons (Fsp3) is 0.611. The van der Waals surface area contributed by atoms with E-state index in [0.717, 1.165) is 17.7 Å². The summed E-state index contributed by atoms with van der Waals surface area (Å²) >= 11 is 0. The molecule has 140 valence electrons. The zero-order chi connectivity index (χ0) is 18.4. The van der Waals surface area contributed by atoms with Crippen molar-refractivity contribution in [3.05, 3.63) is 29.8 Å². The van der Waals surface area contributed by atoms with E-state index in [2.05, 4.69) is 0 Å². The van der Waals surface area contributed by atoms with Crippen LogP contribution in [-0.4, -0.2) is 62.1 Å². The molecule has 0 spiro atoms. The molecule has 1 amide bonds. The number of hydrogen-bond donors (Lipinski definition) is 0. The van der Waals surface area contributed by atoms with Gasteiger partial charge in [-0.3, -0.25) is 4.79 Å². The highest BCUT2D eigenvalue weighted by molar-refractivity contribution is 7.89. The second-order valence-corrected chi connectivity index (χ2v) is 8.50. The summed E-state index contributed by atoms with van der Waals surface area (Å²) in [4.78, 5) is 14.3. The third-order valence-electron chi connectivity index (χ3n) is 4.46. The molecule has 1 unspecified atom stereocenters. The molecule has 25 heavy (non-hydrogen) atoms. The maximum atomic E-state index is 12.7. The number of para-hydroxylation sites is 1. The molecular formula is C18H28N2O4S. The van der Waals surface area contributed by atoms with E-state index in [4.69, 9.17) is 4.74 Å². The normalized spacial score (nSPS) is 18.3. The maximum Gasteiger partial charge on any atom is 0.240 e. The summed E-state index contributed by atoms with van der Waals surface area (Å²) in [6.45, 7) is 5.04. The quantitative estimate of drug-likeness (QED) is 0.704. The second-order valence-electron chi connectivity index (χ2n) is 6.46. The Morgan fingerprint density at radius 3 is 2.76 bits per heavy atom. The predicted molar refractivity (Wildman–Crippen MR) is 98.1 cm³/mol. The van der Waals surface area contributed by atoms with E-state index in [1.165, 1.54) is 4.31 Å². The first-order valence-corrected chi connectivity index (χ1v) is 10.4. The van der Waals surface area contributed by atoms with Crippen molar-refractivity contribution < 1.29 is 17.9 Å². The number of hydrogen-bond acceptors (Lipinski definition) is 4. The van der Waals surface area contributed by atoms with Crippen LogP contribution in [0.2, 0.25) is 0 Å². The number of carbonyl (C=O) groups is 1. The van der Waals surface area contributed by atoms with E-state index in [0.29, 0.717) is 32.5 Å². The molecule has 1 aromatic carbocycles. The van der Waals surface area contributed by atoms with Crippen LogP contribution in [-0.2, 0) is 14.8 Å². The Hall–Kier alpha value is -1.60. The lowest BCUT2D eigenvalue weighted by molar-refractivity contribution is -0.133. The Bertz CT molecular complexity index is 690. The summed E-state index contributed by atoms with van der Waals surface area (Å²) < 4.78 is 31.8. The third kappa shape index (κ3) is 4.95. The first-order chi connectivity index (χ1) is 11.9. The van der Waals surface area contributed by atoms with Crippen LogP contribution in [0, 0.1) is 6.92 Å². The number of amides is 1. The molecule has 1 aliphatic rings. The number of benzene rings is 1. The number of rotatable bonds is 8. The predicted octanol–water partition coefficient (Wildman–Crippen LogP) is 2.04. The maximum absolute atomic E-state index is 12.7. The Balaban J connectivity index is 1.91. The van der Waals surface area contributed by atoms with Crippen LogP contribution in [0.25, 0.3) is 0 Å². The number of likely N-dealkylation sites (N-methyl/N-ethyl adjacent to an activating group) is 1. The lowest BCUT2D eigenvalue weighted by Crippen LogP contribution is -2.47. The zero-order valence-corrected chi connectivity index (χ0v) is 16.1. The summed E-state index contributed by atoms with van der Waals surface area (Å²) in [7, 11) is -1.65. The minimum Gasteiger partial charge on any atom is -0.491 e. The molecule has 1 atom stereocenters. The van der Waals surface area contributed by atoms with Gasteiger partial charge in [0.1, 0.15) is 18.4 Å². The van der Waals surface area contributed by atoms with Crippen molar-refractivity contribution in [1.82, 2.24) is 9.21 Å². The highest BCUT2D eigenvalue weighted by atomic mass is 32.2. The van der Waals surface area contributed by atoms with E-state index in [1.54, 1.807) is 11.9 Å². The second kappa shape index (κ2) is 8.67. The Labute approximate surface area is 150 Å². The van der Waals surface area contributed by atoms with E-state index in [9.17, 15) is 13.2 Å². The molecule has 0 bridgehead atoms. The Morgan fingerprint density at radius 1 is 1.36 bits per heavy atom. The summed E-state index contributed by atoms with van der Waals surface area (Å²) in [5.41, 5.74) is 1.05. The van der Waals surface area contributed by atoms with Crippen molar-refractivity contribution in [3.63, 3.8) is 0 Å². The minimum absolute atomic E-state index is 0.0941. The van der Waals surface area contributed by atoms with Crippen LogP contribution in [0.1, 0.15) is 31.7 Å². The average molecular weight is 368 g/mol. The van der Waals surface area contributed by atoms with Gasteiger partial charge >= 0.3 is 0 Å². The molecular weight excluding hydrogens is 340 g/mol. The highest BCUT2D eigenvalue weighted by Gasteiger charge is 2.39. The number of carbonyl (C=O) groups excluding carboxylic acids is 1. The molecule has 0 aromatic heterocycles. The van der Waals surface area contributed by atoms with Gasteiger partial charge in [0.25, 0.3) is 0 Å². The smallest absolute Gasteiger partial charge is 0.240 e. The summed E-state index contributed by atoms with van der Waals surface area (Å²) in [6.07, 6.45) is 1.87. The molecule has 1 aromatic rings. The Kier molecular flexibility index (Phi) is 6.84. The summed E-state index contributed by atoms with van der Waals surface area (Å²) in [5.74, 6) is 0.749. The summed E-state index contributed by atoms with van der Waals surface area (Å²) in [5, 5.41) is 0. The van der Waals surface area contributed by atoms with Crippen molar-refractivity contribution in [2.75, 3.05) is 32.5 Å². The van der Waals surface area contributed by atoms with Gasteiger partial charge in [-0.25, -0.2) is 8.42 Å². The molecule has 0 N–H and O–H groups in total. The van der Waals surface area contributed by atoms with Gasteiger partial charge in [0, 0.05) is 13.6 Å². The van der Waals surface area contributed by atoms with Crippen LogP contribution >= 0.6 is 0 Å². The van der Waals surface area contributed by atoms with Crippen molar-refractivity contribution in [3.8, 4) is 5.75 Å². The minimum atomic E-state index is -3.35. The standard InChI is InChI=1S/C18H28N2O4S/c1-4-14-25(22,23)20-11-7-9-16(20)18(21)19(3)12-13-24-17-10-6-5-8-15(17)2/h5-6,8,10,16H,4,7,9,11-14H2,1-3H3. The largest absolute Gasteiger partial charge is 0.491 e. The van der Waals surface area contributed by atoms with Crippen molar-refractivity contribution in [1.29, 1.82) is 0 Å². The molecule has 0 saturated carbocycles. The lowest BCUT2D eigenvalue weighted by Gasteiger charge is -2.27. The highest BCUT2D eigenvalue weighted by Crippen LogP contribution is 2.23. The van der Waals surface area contributed by atoms with Crippen LogP contribution in [0.5, 0.6) is 5.75 Å². The number of sulfonamides is 1. The van der Waals surface area contributed by atoms with E-state index < -0.39 is 16.1 Å². The van der Waals surface area contributed by atoms with E-state index >= 15 is 0 Å². The molecule has 1 aliphatic heterocycles. The number of ether oxygens (including phenoxy) is 1. The van der Waals surface area contributed by atoms with Crippen LogP contribution in [0.3, 0.4) is 0 Å². The number of aryl methyl sites for hydroxylation is 1. The molecule has 6 nitrogen and oxygen atoms in total. The van der Waals surface area contributed by atoms with Gasteiger partial charge < -0.3 is 9.64 Å². The topological polar surface area (TPSA) is 66.9 Å². The third-order valence-corrected chi connectivity index (χ3v) is 6.54. The fourth-order valence-electron chi connectivity index (χ4n) is 3.07. The molecule has 1 saturated heterocycles. The molecule has 2 rings (SSSR count). The first-order valence-electron chi connectivity index (χ1n) is 8.79. The number of nitrogens with zero attached hydrogens (tertiary/aromatic N) is 2. The van der Waals surface area contributed by atoms with Crippen molar-refractivity contribution in [2.45, 2.75) is 39.2 Å². The van der Waals surface area contributed by atoms with Gasteiger partial charge in [-0.05, 0) is 37.8 Å². The van der Waals surface area contributed by atoms with Gasteiger partial charge in [0.15, 0.2) is 0 Å². The van der Waals surface area contributed by atoms with Crippen LogP contribution in [0.4, 0.5) is 0 Å². The molecule has 7 heteroatoms. The van der Waals surface area contributed by atoms with Gasteiger partial charge in [-0.15, -0.1) is 0 Å². The average Bonchev–Trinajstić information content (AvgIpc) is 3.06. The monoisotopic (exact) mass is 368 g/mol.